The second kappa shape index (κ2) is 4.02. The van der Waals surface area contributed by atoms with Gasteiger partial charge in [-0.15, -0.1) is 0 Å². The highest BCUT2D eigenvalue weighted by Gasteiger charge is 2.54. The van der Waals surface area contributed by atoms with Gasteiger partial charge in [-0.3, -0.25) is 0 Å². The SMILES string of the molecule is CCCCC(CC)C1C2CCCC21. The second-order valence-electron chi connectivity index (χ2n) is 5.15. The predicted octanol–water partition coefficient (Wildman–Crippen LogP) is 4.25. The maximum absolute atomic E-state index is 2.40. The van der Waals surface area contributed by atoms with Crippen molar-refractivity contribution < 1.29 is 0 Å². The van der Waals surface area contributed by atoms with Crippen LogP contribution < -0.4 is 0 Å². The van der Waals surface area contributed by atoms with Gasteiger partial charge in [0.25, 0.3) is 0 Å². The van der Waals surface area contributed by atoms with Crippen molar-refractivity contribution in [1.82, 2.24) is 0 Å². The fourth-order valence-electron chi connectivity index (χ4n) is 3.71. The van der Waals surface area contributed by atoms with Crippen molar-refractivity contribution in [3.8, 4) is 0 Å². The van der Waals surface area contributed by atoms with Gasteiger partial charge in [0, 0.05) is 0 Å². The van der Waals surface area contributed by atoms with Crippen LogP contribution in [0.4, 0.5) is 0 Å². The number of fused-ring (bicyclic) bond motifs is 1. The molecule has 2 fully saturated rings. The van der Waals surface area contributed by atoms with Crippen LogP contribution in [-0.2, 0) is 0 Å². The summed E-state index contributed by atoms with van der Waals surface area (Å²) >= 11 is 0. The van der Waals surface area contributed by atoms with Crippen molar-refractivity contribution in [1.29, 1.82) is 0 Å². The van der Waals surface area contributed by atoms with E-state index in [0.717, 1.165) is 5.92 Å². The van der Waals surface area contributed by atoms with E-state index < -0.39 is 0 Å². The largest absolute Gasteiger partial charge is 0.0654 e. The summed E-state index contributed by atoms with van der Waals surface area (Å²) in [4.78, 5) is 0. The quantitative estimate of drug-likeness (QED) is 0.593. The molecule has 0 aromatic carbocycles. The minimum atomic E-state index is 1.09. The van der Waals surface area contributed by atoms with E-state index in [0.29, 0.717) is 0 Å². The minimum Gasteiger partial charge on any atom is -0.0654 e. The molecule has 0 heterocycles. The molecule has 2 aliphatic rings. The third kappa shape index (κ3) is 1.78. The molecule has 2 aliphatic carbocycles. The Labute approximate surface area is 83.1 Å². The molecule has 0 saturated heterocycles. The summed E-state index contributed by atoms with van der Waals surface area (Å²) in [6.07, 6.45) is 10.5. The van der Waals surface area contributed by atoms with E-state index >= 15 is 0 Å². The lowest BCUT2D eigenvalue weighted by molar-refractivity contribution is 0.350. The average molecular weight is 180 g/mol. The Balaban J connectivity index is 1.78. The van der Waals surface area contributed by atoms with E-state index in [1.54, 1.807) is 12.8 Å². The van der Waals surface area contributed by atoms with Crippen LogP contribution in [0, 0.1) is 23.7 Å². The van der Waals surface area contributed by atoms with Crippen molar-refractivity contribution in [3.05, 3.63) is 0 Å². The fourth-order valence-corrected chi connectivity index (χ4v) is 3.71. The van der Waals surface area contributed by atoms with Crippen molar-refractivity contribution in [2.24, 2.45) is 23.7 Å². The first-order valence-corrected chi connectivity index (χ1v) is 6.38. The maximum atomic E-state index is 2.40. The third-order valence-electron chi connectivity index (χ3n) is 4.47. The van der Waals surface area contributed by atoms with Crippen LogP contribution in [0.1, 0.15) is 58.8 Å². The summed E-state index contributed by atoms with van der Waals surface area (Å²) in [5, 5.41) is 0. The van der Waals surface area contributed by atoms with Gasteiger partial charge < -0.3 is 0 Å². The molecule has 0 nitrogen and oxygen atoms in total. The highest BCUT2D eigenvalue weighted by atomic mass is 14.6. The predicted molar refractivity (Wildman–Crippen MR) is 57.6 cm³/mol. The molecule has 2 rings (SSSR count). The molecule has 0 bridgehead atoms. The van der Waals surface area contributed by atoms with E-state index in [1.165, 1.54) is 49.9 Å². The van der Waals surface area contributed by atoms with Gasteiger partial charge in [0.15, 0.2) is 0 Å². The zero-order valence-corrected chi connectivity index (χ0v) is 9.26. The number of hydrogen-bond donors (Lipinski definition) is 0. The van der Waals surface area contributed by atoms with E-state index in [-0.39, 0.29) is 0 Å². The van der Waals surface area contributed by atoms with Gasteiger partial charge in [-0.2, -0.15) is 0 Å². The minimum absolute atomic E-state index is 1.09. The molecular weight excluding hydrogens is 156 g/mol. The number of unbranched alkanes of at least 4 members (excludes halogenated alkanes) is 1. The average Bonchev–Trinajstić information content (AvgIpc) is 2.62. The normalized spacial score (nSPS) is 38.8. The molecule has 3 atom stereocenters. The van der Waals surface area contributed by atoms with Gasteiger partial charge in [-0.05, 0) is 36.5 Å². The third-order valence-corrected chi connectivity index (χ3v) is 4.47. The summed E-state index contributed by atoms with van der Waals surface area (Å²) in [6.45, 7) is 4.72. The molecule has 13 heavy (non-hydrogen) atoms. The molecule has 0 aromatic heterocycles. The number of hydrogen-bond acceptors (Lipinski definition) is 0. The highest BCUT2D eigenvalue weighted by Crippen LogP contribution is 2.61. The lowest BCUT2D eigenvalue weighted by atomic mass is 9.90. The van der Waals surface area contributed by atoms with E-state index in [4.69, 9.17) is 0 Å². The molecule has 2 saturated carbocycles. The number of rotatable bonds is 5. The molecule has 0 heteroatoms. The molecule has 0 aromatic rings. The lowest BCUT2D eigenvalue weighted by Crippen LogP contribution is -2.05. The van der Waals surface area contributed by atoms with Gasteiger partial charge in [-0.1, -0.05) is 46.0 Å². The molecule has 0 amide bonds. The molecule has 0 aliphatic heterocycles. The van der Waals surface area contributed by atoms with Crippen molar-refractivity contribution in [3.63, 3.8) is 0 Å². The Morgan fingerprint density at radius 3 is 2.38 bits per heavy atom. The van der Waals surface area contributed by atoms with Crippen molar-refractivity contribution >= 4 is 0 Å². The van der Waals surface area contributed by atoms with Crippen molar-refractivity contribution in [2.45, 2.75) is 58.8 Å². The van der Waals surface area contributed by atoms with Crippen LogP contribution in [-0.4, -0.2) is 0 Å². The first-order chi connectivity index (χ1) is 6.38. The molecule has 0 radical (unpaired) electrons. The Bertz CT molecular complexity index is 151. The van der Waals surface area contributed by atoms with Gasteiger partial charge in [0.05, 0.1) is 0 Å². The van der Waals surface area contributed by atoms with Crippen LogP contribution in [0.2, 0.25) is 0 Å². The van der Waals surface area contributed by atoms with Gasteiger partial charge in [0.2, 0.25) is 0 Å². The first kappa shape index (κ1) is 9.55. The van der Waals surface area contributed by atoms with Gasteiger partial charge in [0.1, 0.15) is 0 Å². The molecule has 3 unspecified atom stereocenters. The standard InChI is InChI=1S/C13H24/c1-3-5-7-10(4-2)13-11-8-6-9-12(11)13/h10-13H,3-9H2,1-2H3. The Kier molecular flexibility index (Phi) is 2.96. The van der Waals surface area contributed by atoms with E-state index in [9.17, 15) is 0 Å². The zero-order valence-electron chi connectivity index (χ0n) is 9.26. The summed E-state index contributed by atoms with van der Waals surface area (Å²) < 4.78 is 0. The monoisotopic (exact) mass is 180 g/mol. The summed E-state index contributed by atoms with van der Waals surface area (Å²) in [5.41, 5.74) is 0. The Morgan fingerprint density at radius 1 is 1.15 bits per heavy atom. The summed E-state index contributed by atoms with van der Waals surface area (Å²) in [6, 6.07) is 0. The molecule has 76 valence electrons. The van der Waals surface area contributed by atoms with Crippen LogP contribution in [0.5, 0.6) is 0 Å². The zero-order chi connectivity index (χ0) is 9.26. The summed E-state index contributed by atoms with van der Waals surface area (Å²) in [7, 11) is 0. The summed E-state index contributed by atoms with van der Waals surface area (Å²) in [5.74, 6) is 4.63. The Morgan fingerprint density at radius 2 is 1.85 bits per heavy atom. The fraction of sp³-hybridized carbons (Fsp3) is 1.00. The van der Waals surface area contributed by atoms with Crippen LogP contribution in [0.25, 0.3) is 0 Å². The van der Waals surface area contributed by atoms with E-state index in [2.05, 4.69) is 13.8 Å². The van der Waals surface area contributed by atoms with Crippen molar-refractivity contribution in [2.75, 3.05) is 0 Å². The highest BCUT2D eigenvalue weighted by molar-refractivity contribution is 5.03. The molecule has 0 N–H and O–H groups in total. The van der Waals surface area contributed by atoms with Crippen LogP contribution >= 0.6 is 0 Å². The van der Waals surface area contributed by atoms with E-state index in [1.807, 2.05) is 0 Å². The molecule has 0 spiro atoms. The van der Waals surface area contributed by atoms with Gasteiger partial charge >= 0.3 is 0 Å². The maximum Gasteiger partial charge on any atom is -0.0324 e. The smallest absolute Gasteiger partial charge is 0.0324 e. The molecular formula is C13H24. The van der Waals surface area contributed by atoms with Crippen LogP contribution in [0.3, 0.4) is 0 Å². The second-order valence-corrected chi connectivity index (χ2v) is 5.15. The lowest BCUT2D eigenvalue weighted by Gasteiger charge is -2.16. The topological polar surface area (TPSA) is 0 Å². The van der Waals surface area contributed by atoms with Crippen LogP contribution in [0.15, 0.2) is 0 Å². The van der Waals surface area contributed by atoms with Gasteiger partial charge in [-0.25, -0.2) is 0 Å². The Hall–Kier alpha value is 0. The first-order valence-electron chi connectivity index (χ1n) is 6.38.